The third-order valence-electron chi connectivity index (χ3n) is 3.59. The fourth-order valence-electron chi connectivity index (χ4n) is 2.46. The maximum Gasteiger partial charge on any atom is 0.0534 e. The molecule has 0 saturated carbocycles. The van der Waals surface area contributed by atoms with Gasteiger partial charge in [0, 0.05) is 36.9 Å². The summed E-state index contributed by atoms with van der Waals surface area (Å²) in [7, 11) is 0. The molecule has 0 saturated heterocycles. The van der Waals surface area contributed by atoms with Crippen molar-refractivity contribution in [2.24, 2.45) is 0 Å². The Kier molecular flexibility index (Phi) is 4.59. The minimum absolute atomic E-state index is 0.450. The van der Waals surface area contributed by atoms with Crippen LogP contribution in [0.15, 0.2) is 24.5 Å². The molecule has 2 rings (SSSR count). The molecule has 1 aromatic heterocycles. The van der Waals surface area contributed by atoms with E-state index < -0.39 is 0 Å². The van der Waals surface area contributed by atoms with E-state index in [1.54, 1.807) is 0 Å². The molecule has 18 heavy (non-hydrogen) atoms. The van der Waals surface area contributed by atoms with Crippen molar-refractivity contribution < 1.29 is 0 Å². The van der Waals surface area contributed by atoms with E-state index >= 15 is 0 Å². The molecular weight excluding hydrogens is 222 g/mol. The van der Waals surface area contributed by atoms with E-state index in [-0.39, 0.29) is 0 Å². The Morgan fingerprint density at radius 3 is 2.94 bits per heavy atom. The van der Waals surface area contributed by atoms with E-state index in [2.05, 4.69) is 49.1 Å². The Bertz CT molecular complexity index is 392. The zero-order valence-electron chi connectivity index (χ0n) is 11.8. The largest absolute Gasteiger partial charge is 0.289 e. The van der Waals surface area contributed by atoms with Crippen LogP contribution < -0.4 is 0 Å². The highest BCUT2D eigenvalue weighted by Crippen LogP contribution is 2.19. The third kappa shape index (κ3) is 3.22. The topological polar surface area (TPSA) is 21.1 Å². The molecule has 3 heteroatoms. The smallest absolute Gasteiger partial charge is 0.0534 e. The number of unbranched alkanes of at least 4 members (excludes halogenated alkanes) is 1. The van der Waals surface area contributed by atoms with Crippen LogP contribution in [0.4, 0.5) is 0 Å². The summed E-state index contributed by atoms with van der Waals surface area (Å²) >= 11 is 0. The zero-order valence-corrected chi connectivity index (χ0v) is 11.8. The van der Waals surface area contributed by atoms with Crippen LogP contribution >= 0.6 is 0 Å². The van der Waals surface area contributed by atoms with Crippen molar-refractivity contribution in [3.63, 3.8) is 0 Å². The standard InChI is InChI=1S/C15H25N3/c1-4-5-7-15-8-6-9-17(15)11-14-10-16-18(12-14)13(2)3/h6,8,10,12-13,15H,4-5,7,9,11H2,1-3H3/t15-/m1/s1. The van der Waals surface area contributed by atoms with Gasteiger partial charge in [0.25, 0.3) is 0 Å². The van der Waals surface area contributed by atoms with Gasteiger partial charge in [-0.25, -0.2) is 0 Å². The first kappa shape index (κ1) is 13.3. The van der Waals surface area contributed by atoms with Gasteiger partial charge in [-0.2, -0.15) is 5.10 Å². The molecule has 1 aliphatic heterocycles. The Morgan fingerprint density at radius 1 is 1.44 bits per heavy atom. The monoisotopic (exact) mass is 247 g/mol. The molecule has 0 radical (unpaired) electrons. The summed E-state index contributed by atoms with van der Waals surface area (Å²) in [5.41, 5.74) is 1.33. The molecule has 0 N–H and O–H groups in total. The predicted molar refractivity (Wildman–Crippen MR) is 75.5 cm³/mol. The van der Waals surface area contributed by atoms with Crippen LogP contribution in [-0.4, -0.2) is 27.3 Å². The lowest BCUT2D eigenvalue weighted by Gasteiger charge is -2.23. The maximum atomic E-state index is 4.41. The van der Waals surface area contributed by atoms with Gasteiger partial charge in [0.05, 0.1) is 6.20 Å². The van der Waals surface area contributed by atoms with Crippen molar-refractivity contribution in [1.29, 1.82) is 0 Å². The van der Waals surface area contributed by atoms with Gasteiger partial charge in [-0.3, -0.25) is 9.58 Å². The Morgan fingerprint density at radius 2 is 2.28 bits per heavy atom. The highest BCUT2D eigenvalue weighted by molar-refractivity contribution is 5.10. The summed E-state index contributed by atoms with van der Waals surface area (Å²) in [6.07, 6.45) is 12.7. The van der Waals surface area contributed by atoms with E-state index in [0.29, 0.717) is 12.1 Å². The molecular formula is C15H25N3. The van der Waals surface area contributed by atoms with Gasteiger partial charge in [-0.1, -0.05) is 31.9 Å². The maximum absolute atomic E-state index is 4.41. The molecule has 1 aliphatic rings. The van der Waals surface area contributed by atoms with E-state index in [0.717, 1.165) is 13.1 Å². The first-order chi connectivity index (χ1) is 8.70. The van der Waals surface area contributed by atoms with E-state index in [1.165, 1.54) is 24.8 Å². The fourth-order valence-corrected chi connectivity index (χ4v) is 2.46. The van der Waals surface area contributed by atoms with Gasteiger partial charge in [0.2, 0.25) is 0 Å². The SMILES string of the molecule is CCCC[C@@H]1C=CCN1Cc1cnn(C(C)C)c1. The quantitative estimate of drug-likeness (QED) is 0.718. The first-order valence-corrected chi connectivity index (χ1v) is 7.14. The van der Waals surface area contributed by atoms with Gasteiger partial charge in [0.15, 0.2) is 0 Å². The molecule has 0 fully saturated rings. The molecule has 0 aromatic carbocycles. The second kappa shape index (κ2) is 6.19. The molecule has 100 valence electrons. The van der Waals surface area contributed by atoms with Crippen LogP contribution in [0.1, 0.15) is 51.6 Å². The number of hydrogen-bond donors (Lipinski definition) is 0. The average molecular weight is 247 g/mol. The van der Waals surface area contributed by atoms with Crippen LogP contribution in [0.5, 0.6) is 0 Å². The molecule has 1 atom stereocenters. The number of aromatic nitrogens is 2. The van der Waals surface area contributed by atoms with Crippen LogP contribution in [0.25, 0.3) is 0 Å². The highest BCUT2D eigenvalue weighted by Gasteiger charge is 2.19. The van der Waals surface area contributed by atoms with Crippen molar-refractivity contribution >= 4 is 0 Å². The van der Waals surface area contributed by atoms with Crippen molar-refractivity contribution in [2.45, 2.75) is 58.7 Å². The molecule has 0 aliphatic carbocycles. The number of hydrogen-bond acceptors (Lipinski definition) is 2. The molecule has 1 aromatic rings. The Hall–Kier alpha value is -1.09. The van der Waals surface area contributed by atoms with E-state index in [9.17, 15) is 0 Å². The van der Waals surface area contributed by atoms with E-state index in [4.69, 9.17) is 0 Å². The van der Waals surface area contributed by atoms with E-state index in [1.807, 2.05) is 10.9 Å². The van der Waals surface area contributed by atoms with Gasteiger partial charge in [-0.05, 0) is 20.3 Å². The summed E-state index contributed by atoms with van der Waals surface area (Å²) in [5, 5.41) is 4.41. The lowest BCUT2D eigenvalue weighted by Crippen LogP contribution is -2.29. The second-order valence-electron chi connectivity index (χ2n) is 5.49. The lowest BCUT2D eigenvalue weighted by molar-refractivity contribution is 0.249. The third-order valence-corrected chi connectivity index (χ3v) is 3.59. The minimum atomic E-state index is 0.450. The minimum Gasteiger partial charge on any atom is -0.289 e. The van der Waals surface area contributed by atoms with Gasteiger partial charge >= 0.3 is 0 Å². The summed E-state index contributed by atoms with van der Waals surface area (Å²) in [4.78, 5) is 2.54. The molecule has 0 amide bonds. The summed E-state index contributed by atoms with van der Waals surface area (Å²) in [6, 6.07) is 1.08. The normalized spacial score (nSPS) is 20.1. The molecule has 3 nitrogen and oxygen atoms in total. The van der Waals surface area contributed by atoms with Crippen LogP contribution in [0.3, 0.4) is 0 Å². The summed E-state index contributed by atoms with van der Waals surface area (Å²) in [5.74, 6) is 0. The van der Waals surface area contributed by atoms with Crippen molar-refractivity contribution in [1.82, 2.24) is 14.7 Å². The Labute approximate surface area is 110 Å². The molecule has 0 unspecified atom stereocenters. The Balaban J connectivity index is 1.91. The van der Waals surface area contributed by atoms with Crippen molar-refractivity contribution in [3.8, 4) is 0 Å². The summed E-state index contributed by atoms with van der Waals surface area (Å²) < 4.78 is 2.04. The molecule has 0 bridgehead atoms. The average Bonchev–Trinajstić information content (AvgIpc) is 2.96. The van der Waals surface area contributed by atoms with Crippen LogP contribution in [0, 0.1) is 0 Å². The first-order valence-electron chi connectivity index (χ1n) is 7.14. The molecule has 0 spiro atoms. The summed E-state index contributed by atoms with van der Waals surface area (Å²) in [6.45, 7) is 8.70. The van der Waals surface area contributed by atoms with Gasteiger partial charge in [0.1, 0.15) is 0 Å². The zero-order chi connectivity index (χ0) is 13.0. The molecule has 2 heterocycles. The van der Waals surface area contributed by atoms with Crippen LogP contribution in [-0.2, 0) is 6.54 Å². The highest BCUT2D eigenvalue weighted by atomic mass is 15.3. The van der Waals surface area contributed by atoms with Gasteiger partial charge in [-0.15, -0.1) is 0 Å². The lowest BCUT2D eigenvalue weighted by atomic mass is 10.1. The number of nitrogens with zero attached hydrogens (tertiary/aromatic N) is 3. The van der Waals surface area contributed by atoms with Crippen LogP contribution in [0.2, 0.25) is 0 Å². The fraction of sp³-hybridized carbons (Fsp3) is 0.667. The number of rotatable bonds is 6. The predicted octanol–water partition coefficient (Wildman–Crippen LogP) is 3.39. The van der Waals surface area contributed by atoms with Crippen molar-refractivity contribution in [3.05, 3.63) is 30.1 Å². The van der Waals surface area contributed by atoms with Crippen molar-refractivity contribution in [2.75, 3.05) is 6.54 Å². The van der Waals surface area contributed by atoms with Gasteiger partial charge < -0.3 is 0 Å². The second-order valence-corrected chi connectivity index (χ2v) is 5.49.